The smallest absolute Gasteiger partial charge is 0.509 e. The van der Waals surface area contributed by atoms with E-state index in [-0.39, 0.29) is 21.1 Å². The molecule has 0 bridgehead atoms. The summed E-state index contributed by atoms with van der Waals surface area (Å²) in [5, 5.41) is 7.20. The summed E-state index contributed by atoms with van der Waals surface area (Å²) in [7, 11) is 0. The molecule has 5 nitrogen and oxygen atoms in total. The van der Waals surface area contributed by atoms with Gasteiger partial charge >= 0.3 is 21.1 Å². The van der Waals surface area contributed by atoms with Crippen molar-refractivity contribution < 1.29 is 25.8 Å². The molecule has 0 aliphatic carbocycles. The van der Waals surface area contributed by atoms with Crippen molar-refractivity contribution in [1.82, 2.24) is 19.3 Å². The van der Waals surface area contributed by atoms with Crippen LogP contribution in [0.15, 0.2) is 97.2 Å². The number of nitrogens with zero attached hydrogens (tertiary/aromatic N) is 4. The van der Waals surface area contributed by atoms with E-state index in [9.17, 15) is 0 Å². The summed E-state index contributed by atoms with van der Waals surface area (Å²) < 4.78 is 10.6. The van der Waals surface area contributed by atoms with Crippen LogP contribution in [-0.2, 0) is 33.9 Å². The molecule has 0 amide bonds. The van der Waals surface area contributed by atoms with E-state index in [1.165, 1.54) is 16.5 Å². The van der Waals surface area contributed by atoms with Gasteiger partial charge in [-0.25, -0.2) is 4.98 Å². The van der Waals surface area contributed by atoms with Gasteiger partial charge in [0.1, 0.15) is 5.82 Å². The molecule has 0 atom stereocenters. The molecule has 0 N–H and O–H groups in total. The van der Waals surface area contributed by atoms with E-state index in [1.807, 2.05) is 48.1 Å². The summed E-state index contributed by atoms with van der Waals surface area (Å²) in [6.07, 6.45) is 5.07. The Morgan fingerprint density at radius 1 is 0.809 bits per heavy atom. The van der Waals surface area contributed by atoms with Crippen LogP contribution >= 0.6 is 0 Å². The second-order valence-electron chi connectivity index (χ2n) is 12.5. The van der Waals surface area contributed by atoms with Gasteiger partial charge in [0.2, 0.25) is 0 Å². The molecule has 7 aromatic rings. The number of fused-ring (bicyclic) bond motifs is 3. The fourth-order valence-corrected chi connectivity index (χ4v) is 6.53. The molecule has 47 heavy (non-hydrogen) atoms. The van der Waals surface area contributed by atoms with Crippen molar-refractivity contribution in [3.8, 4) is 34.1 Å². The summed E-state index contributed by atoms with van der Waals surface area (Å²) in [4.78, 5) is 4.83. The minimum atomic E-state index is 0. The van der Waals surface area contributed by atoms with E-state index >= 15 is 0 Å². The van der Waals surface area contributed by atoms with Crippen molar-refractivity contribution in [2.24, 2.45) is 5.92 Å². The van der Waals surface area contributed by atoms with E-state index in [0.717, 1.165) is 69.7 Å². The molecule has 0 fully saturated rings. The van der Waals surface area contributed by atoms with Crippen molar-refractivity contribution in [3.05, 3.63) is 132 Å². The van der Waals surface area contributed by atoms with Crippen molar-refractivity contribution in [2.45, 2.75) is 53.9 Å². The molecule has 7 rings (SSSR count). The van der Waals surface area contributed by atoms with Crippen LogP contribution in [0.2, 0.25) is 0 Å². The largest absolute Gasteiger partial charge is 2.00 e. The average molecular weight is 798 g/mol. The van der Waals surface area contributed by atoms with Crippen molar-refractivity contribution in [3.63, 3.8) is 0 Å². The minimum absolute atomic E-state index is 0. The van der Waals surface area contributed by atoms with Crippen LogP contribution < -0.4 is 4.74 Å². The van der Waals surface area contributed by atoms with Crippen LogP contribution in [0.5, 0.6) is 11.5 Å². The molecule has 238 valence electrons. The second-order valence-corrected chi connectivity index (χ2v) is 12.5. The molecule has 0 aliphatic heterocycles. The quantitative estimate of drug-likeness (QED) is 0.137. The molecular formula is C41H38N4OPt. The SMILES string of the molecule is CCCc1ccc2c(c1)c1ccc(Oc3[c-]c(-n4nc(C)c(-c5ccccc5)c4C)ccc3)[c-]c1n2-c1cc(CC(C)C)ccn1.[Pt+2]. The Labute approximate surface area is 291 Å². The minimum Gasteiger partial charge on any atom is -0.509 e. The Balaban J connectivity index is 0.00000386. The van der Waals surface area contributed by atoms with Crippen molar-refractivity contribution >= 4 is 21.8 Å². The Hall–Kier alpha value is -4.47. The number of ether oxygens (including phenoxy) is 1. The first-order valence-corrected chi connectivity index (χ1v) is 16.2. The first-order chi connectivity index (χ1) is 22.4. The van der Waals surface area contributed by atoms with Crippen LogP contribution in [0, 0.1) is 31.9 Å². The van der Waals surface area contributed by atoms with E-state index in [4.69, 9.17) is 14.8 Å². The van der Waals surface area contributed by atoms with Crippen LogP contribution in [0.4, 0.5) is 0 Å². The zero-order valence-electron chi connectivity index (χ0n) is 27.4. The fraction of sp³-hybridized carbons (Fsp3) is 0.220. The number of pyridine rings is 1. The molecule has 0 saturated carbocycles. The summed E-state index contributed by atoms with van der Waals surface area (Å²) in [5.41, 5.74) is 9.82. The van der Waals surface area contributed by atoms with Crippen LogP contribution in [-0.4, -0.2) is 19.3 Å². The average Bonchev–Trinajstić information content (AvgIpc) is 3.53. The third-order valence-electron chi connectivity index (χ3n) is 8.49. The Bertz CT molecular complexity index is 2180. The van der Waals surface area contributed by atoms with Crippen molar-refractivity contribution in [2.75, 3.05) is 0 Å². The first-order valence-electron chi connectivity index (χ1n) is 16.2. The van der Waals surface area contributed by atoms with Gasteiger partial charge in [-0.2, -0.15) is 17.2 Å². The Morgan fingerprint density at radius 2 is 1.62 bits per heavy atom. The molecule has 0 radical (unpaired) electrons. The van der Waals surface area contributed by atoms with Crippen molar-refractivity contribution in [1.29, 1.82) is 0 Å². The van der Waals surface area contributed by atoms with Gasteiger partial charge in [0.05, 0.1) is 5.69 Å². The number of rotatable bonds is 9. The molecule has 0 unspecified atom stereocenters. The van der Waals surface area contributed by atoms with E-state index in [2.05, 4.69) is 105 Å². The first kappa shape index (κ1) is 32.5. The summed E-state index contributed by atoms with van der Waals surface area (Å²) >= 11 is 0. The van der Waals surface area contributed by atoms with Gasteiger partial charge in [-0.15, -0.1) is 35.7 Å². The normalized spacial score (nSPS) is 11.4. The van der Waals surface area contributed by atoms with E-state index < -0.39 is 0 Å². The summed E-state index contributed by atoms with van der Waals surface area (Å²) in [6.45, 7) is 10.9. The van der Waals surface area contributed by atoms with Gasteiger partial charge in [0, 0.05) is 34.5 Å². The summed E-state index contributed by atoms with van der Waals surface area (Å²) in [6, 6.07) is 38.6. The van der Waals surface area contributed by atoms with Gasteiger partial charge in [-0.3, -0.25) is 4.68 Å². The summed E-state index contributed by atoms with van der Waals surface area (Å²) in [5.74, 6) is 2.67. The van der Waals surface area contributed by atoms with Gasteiger partial charge in [0.15, 0.2) is 0 Å². The molecule has 0 spiro atoms. The Morgan fingerprint density at radius 3 is 2.40 bits per heavy atom. The Kier molecular flexibility index (Phi) is 9.47. The maximum absolute atomic E-state index is 6.45. The third kappa shape index (κ3) is 6.42. The fourth-order valence-electron chi connectivity index (χ4n) is 6.53. The molecular weight excluding hydrogens is 760 g/mol. The standard InChI is InChI=1S/C41H38N4O.Pt/c1-6-11-30-16-19-38-37(23-30)36-18-17-35(26-39(36)44(38)40-24-31(20-21-42-40)22-27(2)3)46-34-15-10-14-33(25-34)45-29(5)41(28(4)43-45)32-12-8-7-9-13-32;/h7-10,12-21,23-24,27H,6,11,22H2,1-5H3;/q-2;+2. The number of aromatic nitrogens is 4. The number of hydrogen-bond acceptors (Lipinski definition) is 3. The predicted octanol–water partition coefficient (Wildman–Crippen LogP) is 10.2. The van der Waals surface area contributed by atoms with E-state index in [1.54, 1.807) is 0 Å². The topological polar surface area (TPSA) is 44.9 Å². The predicted molar refractivity (Wildman–Crippen MR) is 187 cm³/mol. The molecule has 0 aliphatic rings. The number of benzene rings is 4. The molecule has 3 heterocycles. The molecule has 3 aromatic heterocycles. The van der Waals surface area contributed by atoms with Crippen LogP contribution in [0.1, 0.15) is 49.7 Å². The van der Waals surface area contributed by atoms with Crippen LogP contribution in [0.3, 0.4) is 0 Å². The zero-order chi connectivity index (χ0) is 31.8. The third-order valence-corrected chi connectivity index (χ3v) is 8.49. The number of hydrogen-bond donors (Lipinski definition) is 0. The second kappa shape index (κ2) is 13.7. The molecule has 0 saturated heterocycles. The molecule has 6 heteroatoms. The van der Waals surface area contributed by atoms with E-state index in [0.29, 0.717) is 17.4 Å². The van der Waals surface area contributed by atoms with Gasteiger partial charge in [-0.1, -0.05) is 75.2 Å². The van der Waals surface area contributed by atoms with Gasteiger partial charge in [0.25, 0.3) is 0 Å². The zero-order valence-corrected chi connectivity index (χ0v) is 29.7. The van der Waals surface area contributed by atoms with Crippen LogP contribution in [0.25, 0.3) is 44.4 Å². The monoisotopic (exact) mass is 797 g/mol. The van der Waals surface area contributed by atoms with Gasteiger partial charge in [-0.05, 0) is 78.6 Å². The maximum atomic E-state index is 6.45. The molecule has 4 aromatic carbocycles. The van der Waals surface area contributed by atoms with Gasteiger partial charge < -0.3 is 9.30 Å². The number of aryl methyl sites for hydroxylation is 2. The maximum Gasteiger partial charge on any atom is 2.00 e.